The molecule has 0 spiro atoms. The fraction of sp³-hybridized carbons (Fsp3) is 0.300. The Balaban J connectivity index is 1.14. The maximum Gasteiger partial charge on any atom is 0.337 e. The second-order valence-corrected chi connectivity index (χ2v) is 9.39. The van der Waals surface area contributed by atoms with Gasteiger partial charge < -0.3 is 19.9 Å². The summed E-state index contributed by atoms with van der Waals surface area (Å²) in [4.78, 5) is 13.1. The number of imidazole rings is 1. The number of hydrogen-bond donors (Lipinski definition) is 2. The highest BCUT2D eigenvalue weighted by atomic mass is 16.5. The van der Waals surface area contributed by atoms with Gasteiger partial charge in [0.15, 0.2) is 0 Å². The lowest BCUT2D eigenvalue weighted by atomic mass is 9.86. The smallest absolute Gasteiger partial charge is 0.337 e. The molecule has 1 heterocycles. The fourth-order valence-corrected chi connectivity index (χ4v) is 4.73. The average Bonchev–Trinajstić information content (AvgIpc) is 3.32. The van der Waals surface area contributed by atoms with Gasteiger partial charge in [0.1, 0.15) is 23.9 Å². The molecular formula is C30H33N3O4. The van der Waals surface area contributed by atoms with Crippen molar-refractivity contribution >= 4 is 0 Å². The zero-order valence-electron chi connectivity index (χ0n) is 20.8. The Morgan fingerprint density at radius 1 is 0.784 bits per heavy atom. The number of rotatable bonds is 10. The first kappa shape index (κ1) is 24.9. The molecule has 7 heteroatoms. The zero-order chi connectivity index (χ0) is 25.5. The molecule has 2 atom stereocenters. The number of nitrogens with one attached hydrogen (secondary N) is 1. The second-order valence-electron chi connectivity index (χ2n) is 9.39. The van der Waals surface area contributed by atoms with Crippen molar-refractivity contribution in [2.45, 2.75) is 31.8 Å². The normalized spacial score (nSPS) is 17.4. The summed E-state index contributed by atoms with van der Waals surface area (Å²) in [5.74, 6) is 2.57. The van der Waals surface area contributed by atoms with Crippen LogP contribution in [0.2, 0.25) is 0 Å². The van der Waals surface area contributed by atoms with Crippen LogP contribution in [0.3, 0.4) is 0 Å². The highest BCUT2D eigenvalue weighted by Gasteiger charge is 2.22. The van der Waals surface area contributed by atoms with Crippen LogP contribution in [0, 0.1) is 5.92 Å². The zero-order valence-corrected chi connectivity index (χ0v) is 20.8. The third-order valence-electron chi connectivity index (χ3n) is 6.81. The van der Waals surface area contributed by atoms with Crippen LogP contribution >= 0.6 is 0 Å². The van der Waals surface area contributed by atoms with E-state index in [0.29, 0.717) is 18.3 Å². The topological polar surface area (TPSA) is 77.6 Å². The van der Waals surface area contributed by atoms with E-state index in [4.69, 9.17) is 9.47 Å². The second kappa shape index (κ2) is 12.0. The summed E-state index contributed by atoms with van der Waals surface area (Å²) in [6.07, 6.45) is 7.68. The van der Waals surface area contributed by atoms with Crippen LogP contribution in [-0.4, -0.2) is 40.0 Å². The summed E-state index contributed by atoms with van der Waals surface area (Å²) in [6, 6.07) is 24.5. The molecule has 3 aromatic carbocycles. The molecule has 0 saturated heterocycles. The molecule has 192 valence electrons. The number of aliphatic hydroxyl groups is 1. The van der Waals surface area contributed by atoms with Crippen molar-refractivity contribution in [2.75, 3.05) is 19.7 Å². The standard InChI is InChI=1S/C30H33N3O4/c34-29-9-5-4-6-23(29)22-31-18-21-36-26-14-10-24(11-15-26)32-19-20-33(30(32)35)25-12-16-28(17-13-25)37-27-7-2-1-3-8-27/h1-3,7-8,10-17,19-20,23,29,31,34H,4-6,9,18,21-22H2. The number of para-hydroxylation sites is 1. The van der Waals surface area contributed by atoms with Crippen LogP contribution in [0.1, 0.15) is 25.7 Å². The molecule has 0 amide bonds. The van der Waals surface area contributed by atoms with E-state index in [-0.39, 0.29) is 11.8 Å². The summed E-state index contributed by atoms with van der Waals surface area (Å²) >= 11 is 0. The van der Waals surface area contributed by atoms with Gasteiger partial charge in [0, 0.05) is 25.5 Å². The van der Waals surface area contributed by atoms with Crippen molar-refractivity contribution in [3.63, 3.8) is 0 Å². The Morgan fingerprint density at radius 3 is 2.03 bits per heavy atom. The molecule has 7 nitrogen and oxygen atoms in total. The van der Waals surface area contributed by atoms with Crippen molar-refractivity contribution in [1.82, 2.24) is 14.5 Å². The summed E-state index contributed by atoms with van der Waals surface area (Å²) in [5.41, 5.74) is 1.38. The number of hydrogen-bond acceptors (Lipinski definition) is 5. The number of aromatic nitrogens is 2. The molecule has 1 fully saturated rings. The quantitative estimate of drug-likeness (QED) is 0.302. The van der Waals surface area contributed by atoms with Gasteiger partial charge in [0.25, 0.3) is 0 Å². The molecule has 2 N–H and O–H groups in total. The Kier molecular flexibility index (Phi) is 8.03. The average molecular weight is 500 g/mol. The van der Waals surface area contributed by atoms with Gasteiger partial charge in [0.2, 0.25) is 0 Å². The monoisotopic (exact) mass is 499 g/mol. The molecule has 0 bridgehead atoms. The largest absolute Gasteiger partial charge is 0.492 e. The Labute approximate surface area is 216 Å². The van der Waals surface area contributed by atoms with Crippen molar-refractivity contribution in [1.29, 1.82) is 0 Å². The van der Waals surface area contributed by atoms with Crippen LogP contribution in [0.4, 0.5) is 0 Å². The Bertz CT molecular complexity index is 1310. The van der Waals surface area contributed by atoms with Gasteiger partial charge in [-0.05, 0) is 79.4 Å². The summed E-state index contributed by atoms with van der Waals surface area (Å²) < 4.78 is 14.9. The molecule has 1 aliphatic rings. The molecule has 37 heavy (non-hydrogen) atoms. The molecular weight excluding hydrogens is 466 g/mol. The third kappa shape index (κ3) is 6.31. The molecule has 5 rings (SSSR count). The lowest BCUT2D eigenvalue weighted by Gasteiger charge is -2.27. The summed E-state index contributed by atoms with van der Waals surface area (Å²) in [6.45, 7) is 2.09. The van der Waals surface area contributed by atoms with E-state index in [1.807, 2.05) is 78.9 Å². The SMILES string of the molecule is O=c1n(-c2ccc(OCCNCC3CCCCC3O)cc2)ccn1-c1ccc(Oc2ccccc2)cc1. The van der Waals surface area contributed by atoms with Crippen LogP contribution in [0.15, 0.2) is 96.1 Å². The van der Waals surface area contributed by atoms with Crippen molar-refractivity contribution in [2.24, 2.45) is 5.92 Å². The number of nitrogens with zero attached hydrogens (tertiary/aromatic N) is 2. The van der Waals surface area contributed by atoms with Gasteiger partial charge in [-0.25, -0.2) is 4.79 Å². The maximum absolute atomic E-state index is 13.1. The van der Waals surface area contributed by atoms with E-state index < -0.39 is 0 Å². The molecule has 2 unspecified atom stereocenters. The lowest BCUT2D eigenvalue weighted by Crippen LogP contribution is -2.35. The van der Waals surface area contributed by atoms with Gasteiger partial charge in [-0.1, -0.05) is 31.0 Å². The first-order valence-electron chi connectivity index (χ1n) is 12.9. The minimum absolute atomic E-state index is 0.153. The van der Waals surface area contributed by atoms with Crippen molar-refractivity contribution < 1.29 is 14.6 Å². The Hall–Kier alpha value is -3.81. The van der Waals surface area contributed by atoms with Gasteiger partial charge in [-0.2, -0.15) is 0 Å². The molecule has 1 aromatic heterocycles. The van der Waals surface area contributed by atoms with Crippen LogP contribution < -0.4 is 20.5 Å². The lowest BCUT2D eigenvalue weighted by molar-refractivity contribution is 0.0692. The molecule has 1 aliphatic carbocycles. The first-order valence-corrected chi connectivity index (χ1v) is 12.9. The van der Waals surface area contributed by atoms with Crippen LogP contribution in [0.25, 0.3) is 11.4 Å². The fourth-order valence-electron chi connectivity index (χ4n) is 4.73. The number of aliphatic hydroxyl groups excluding tert-OH is 1. The summed E-state index contributed by atoms with van der Waals surface area (Å²) in [7, 11) is 0. The Morgan fingerprint density at radius 2 is 1.38 bits per heavy atom. The predicted molar refractivity (Wildman–Crippen MR) is 144 cm³/mol. The molecule has 0 aliphatic heterocycles. The highest BCUT2D eigenvalue weighted by molar-refractivity contribution is 5.41. The van der Waals surface area contributed by atoms with Gasteiger partial charge >= 0.3 is 5.69 Å². The number of benzene rings is 3. The van der Waals surface area contributed by atoms with Gasteiger partial charge in [-0.15, -0.1) is 0 Å². The minimum Gasteiger partial charge on any atom is -0.492 e. The van der Waals surface area contributed by atoms with E-state index in [9.17, 15) is 9.90 Å². The van der Waals surface area contributed by atoms with Crippen molar-refractivity contribution in [3.8, 4) is 28.6 Å². The number of ether oxygens (including phenoxy) is 2. The van der Waals surface area contributed by atoms with Crippen LogP contribution in [-0.2, 0) is 0 Å². The molecule has 0 radical (unpaired) electrons. The van der Waals surface area contributed by atoms with Gasteiger partial charge in [0.05, 0.1) is 17.5 Å². The predicted octanol–water partition coefficient (Wildman–Crippen LogP) is 4.94. The maximum atomic E-state index is 13.1. The summed E-state index contributed by atoms with van der Waals surface area (Å²) in [5, 5.41) is 13.5. The highest BCUT2D eigenvalue weighted by Crippen LogP contribution is 2.24. The van der Waals surface area contributed by atoms with Crippen molar-refractivity contribution in [3.05, 3.63) is 102 Å². The van der Waals surface area contributed by atoms with E-state index in [1.54, 1.807) is 21.5 Å². The van der Waals surface area contributed by atoms with E-state index >= 15 is 0 Å². The van der Waals surface area contributed by atoms with Crippen LogP contribution in [0.5, 0.6) is 17.2 Å². The molecule has 4 aromatic rings. The van der Waals surface area contributed by atoms with E-state index in [2.05, 4.69) is 5.32 Å². The molecule has 1 saturated carbocycles. The van der Waals surface area contributed by atoms with Gasteiger partial charge in [-0.3, -0.25) is 9.13 Å². The van der Waals surface area contributed by atoms with E-state index in [0.717, 1.165) is 55.2 Å². The van der Waals surface area contributed by atoms with E-state index in [1.165, 1.54) is 6.42 Å². The minimum atomic E-state index is -0.180. The first-order chi connectivity index (χ1) is 18.2. The third-order valence-corrected chi connectivity index (χ3v) is 6.81.